The third-order valence-electron chi connectivity index (χ3n) is 2.96. The van der Waals surface area contributed by atoms with Gasteiger partial charge in [0.2, 0.25) is 0 Å². The summed E-state index contributed by atoms with van der Waals surface area (Å²) in [5.41, 5.74) is 1.50. The van der Waals surface area contributed by atoms with Crippen LogP contribution >= 0.6 is 11.6 Å². The van der Waals surface area contributed by atoms with Crippen molar-refractivity contribution in [2.45, 2.75) is 20.4 Å². The molecule has 0 aliphatic carbocycles. The summed E-state index contributed by atoms with van der Waals surface area (Å²) >= 11 is 6.10. The first-order valence-electron chi connectivity index (χ1n) is 6.04. The van der Waals surface area contributed by atoms with Crippen molar-refractivity contribution in [1.82, 2.24) is 0 Å². The second-order valence-electron chi connectivity index (χ2n) is 4.59. The molecule has 1 aromatic heterocycles. The summed E-state index contributed by atoms with van der Waals surface area (Å²) < 4.78 is 5.54. The highest BCUT2D eigenvalue weighted by Gasteiger charge is 2.10. The summed E-state index contributed by atoms with van der Waals surface area (Å²) in [6.07, 6.45) is 0. The molecule has 0 atom stereocenters. The van der Waals surface area contributed by atoms with Crippen molar-refractivity contribution in [3.8, 4) is 0 Å². The van der Waals surface area contributed by atoms with E-state index >= 15 is 0 Å². The number of ketones is 1. The maximum absolute atomic E-state index is 11.3. The van der Waals surface area contributed by atoms with Gasteiger partial charge in [0.25, 0.3) is 0 Å². The standard InChI is InChI=1S/C15H16ClNO2/c1-10-4-6-13(19-10)9-17(3)12-5-7-14(11(2)18)15(16)8-12/h4-8H,9H2,1-3H3. The van der Waals surface area contributed by atoms with Gasteiger partial charge in [-0.15, -0.1) is 0 Å². The van der Waals surface area contributed by atoms with E-state index in [-0.39, 0.29) is 5.78 Å². The summed E-state index contributed by atoms with van der Waals surface area (Å²) in [7, 11) is 1.96. The summed E-state index contributed by atoms with van der Waals surface area (Å²) in [6, 6.07) is 9.34. The van der Waals surface area contributed by atoms with Gasteiger partial charge in [-0.2, -0.15) is 0 Å². The van der Waals surface area contributed by atoms with E-state index in [0.29, 0.717) is 17.1 Å². The van der Waals surface area contributed by atoms with Crippen LogP contribution in [0, 0.1) is 6.92 Å². The molecule has 0 bridgehead atoms. The Labute approximate surface area is 117 Å². The molecule has 1 heterocycles. The first-order valence-corrected chi connectivity index (χ1v) is 6.42. The SMILES string of the molecule is CC(=O)c1ccc(N(C)Cc2ccc(C)o2)cc1Cl. The van der Waals surface area contributed by atoms with E-state index < -0.39 is 0 Å². The van der Waals surface area contributed by atoms with Crippen molar-refractivity contribution in [2.24, 2.45) is 0 Å². The lowest BCUT2D eigenvalue weighted by atomic mass is 10.1. The van der Waals surface area contributed by atoms with Gasteiger partial charge in [-0.25, -0.2) is 0 Å². The molecule has 0 unspecified atom stereocenters. The lowest BCUT2D eigenvalue weighted by Gasteiger charge is -2.18. The molecule has 3 nitrogen and oxygen atoms in total. The molecular weight excluding hydrogens is 262 g/mol. The molecule has 2 aromatic rings. The Morgan fingerprint density at radius 2 is 2.05 bits per heavy atom. The second kappa shape index (κ2) is 5.49. The van der Waals surface area contributed by atoms with E-state index in [1.165, 1.54) is 6.92 Å². The Bertz CT molecular complexity index is 604. The Balaban J connectivity index is 2.17. The van der Waals surface area contributed by atoms with Crippen molar-refractivity contribution in [1.29, 1.82) is 0 Å². The zero-order chi connectivity index (χ0) is 14.0. The first kappa shape index (κ1) is 13.7. The van der Waals surface area contributed by atoms with Gasteiger partial charge >= 0.3 is 0 Å². The molecular formula is C15H16ClNO2. The van der Waals surface area contributed by atoms with Crippen LogP contribution in [-0.4, -0.2) is 12.8 Å². The van der Waals surface area contributed by atoms with Gasteiger partial charge in [-0.1, -0.05) is 11.6 Å². The predicted octanol–water partition coefficient (Wildman–Crippen LogP) is 4.08. The molecule has 1 aromatic carbocycles. The van der Waals surface area contributed by atoms with Crippen LogP contribution in [0.4, 0.5) is 5.69 Å². The Morgan fingerprint density at radius 1 is 1.32 bits per heavy atom. The van der Waals surface area contributed by atoms with E-state index in [4.69, 9.17) is 16.0 Å². The van der Waals surface area contributed by atoms with Crippen molar-refractivity contribution in [3.05, 3.63) is 52.4 Å². The van der Waals surface area contributed by atoms with Crippen LogP contribution in [0.3, 0.4) is 0 Å². The summed E-state index contributed by atoms with van der Waals surface area (Å²) in [6.45, 7) is 4.09. The molecule has 0 spiro atoms. The highest BCUT2D eigenvalue weighted by molar-refractivity contribution is 6.34. The average molecular weight is 278 g/mol. The van der Waals surface area contributed by atoms with Crippen molar-refractivity contribution < 1.29 is 9.21 Å². The summed E-state index contributed by atoms with van der Waals surface area (Å²) in [5.74, 6) is 1.76. The van der Waals surface area contributed by atoms with Crippen LogP contribution in [0.1, 0.15) is 28.8 Å². The molecule has 0 fully saturated rings. The van der Waals surface area contributed by atoms with Crippen LogP contribution in [-0.2, 0) is 6.54 Å². The fraction of sp³-hybridized carbons (Fsp3) is 0.267. The van der Waals surface area contributed by atoms with Gasteiger partial charge in [0, 0.05) is 18.3 Å². The van der Waals surface area contributed by atoms with Gasteiger partial charge < -0.3 is 9.32 Å². The summed E-state index contributed by atoms with van der Waals surface area (Å²) in [5, 5.41) is 0.479. The Kier molecular flexibility index (Phi) is 3.96. The lowest BCUT2D eigenvalue weighted by molar-refractivity contribution is 0.101. The number of aryl methyl sites for hydroxylation is 1. The zero-order valence-electron chi connectivity index (χ0n) is 11.2. The fourth-order valence-electron chi connectivity index (χ4n) is 1.92. The highest BCUT2D eigenvalue weighted by atomic mass is 35.5. The topological polar surface area (TPSA) is 33.5 Å². The predicted molar refractivity (Wildman–Crippen MR) is 77.0 cm³/mol. The molecule has 0 aliphatic heterocycles. The number of carbonyl (C=O) groups excluding carboxylic acids is 1. The number of hydrogen-bond acceptors (Lipinski definition) is 3. The third kappa shape index (κ3) is 3.18. The van der Waals surface area contributed by atoms with Gasteiger partial charge in [-0.05, 0) is 44.2 Å². The lowest BCUT2D eigenvalue weighted by Crippen LogP contribution is -2.16. The van der Waals surface area contributed by atoms with Gasteiger partial charge in [0.1, 0.15) is 11.5 Å². The quantitative estimate of drug-likeness (QED) is 0.790. The first-order chi connectivity index (χ1) is 8.97. The van der Waals surface area contributed by atoms with Gasteiger partial charge in [-0.3, -0.25) is 4.79 Å². The monoisotopic (exact) mass is 277 g/mol. The third-order valence-corrected chi connectivity index (χ3v) is 3.27. The molecule has 0 aliphatic rings. The molecule has 0 radical (unpaired) electrons. The largest absolute Gasteiger partial charge is 0.464 e. The number of rotatable bonds is 4. The van der Waals surface area contributed by atoms with Crippen LogP contribution in [0.25, 0.3) is 0 Å². The number of furan rings is 1. The van der Waals surface area contributed by atoms with Crippen LogP contribution in [0.2, 0.25) is 5.02 Å². The van der Waals surface area contributed by atoms with Crippen LogP contribution in [0.15, 0.2) is 34.7 Å². The number of halogens is 1. The van der Waals surface area contributed by atoms with Crippen LogP contribution < -0.4 is 4.90 Å². The highest BCUT2D eigenvalue weighted by Crippen LogP contribution is 2.24. The number of hydrogen-bond donors (Lipinski definition) is 0. The number of benzene rings is 1. The van der Waals surface area contributed by atoms with Gasteiger partial charge in [0.15, 0.2) is 5.78 Å². The van der Waals surface area contributed by atoms with E-state index in [2.05, 4.69) is 0 Å². The minimum Gasteiger partial charge on any atom is -0.464 e. The number of anilines is 1. The van der Waals surface area contributed by atoms with E-state index in [1.807, 2.05) is 37.1 Å². The maximum Gasteiger partial charge on any atom is 0.161 e. The number of nitrogens with zero attached hydrogens (tertiary/aromatic N) is 1. The van der Waals surface area contributed by atoms with Crippen molar-refractivity contribution in [2.75, 3.05) is 11.9 Å². The van der Waals surface area contributed by atoms with E-state index in [1.54, 1.807) is 12.1 Å². The minimum atomic E-state index is -0.0270. The van der Waals surface area contributed by atoms with Gasteiger partial charge in [0.05, 0.1) is 11.6 Å². The average Bonchev–Trinajstić information content (AvgIpc) is 2.74. The molecule has 4 heteroatoms. The molecule has 2 rings (SSSR count). The van der Waals surface area contributed by atoms with Crippen molar-refractivity contribution in [3.63, 3.8) is 0 Å². The van der Waals surface area contributed by atoms with E-state index in [0.717, 1.165) is 17.2 Å². The van der Waals surface area contributed by atoms with E-state index in [9.17, 15) is 4.79 Å². The molecule has 19 heavy (non-hydrogen) atoms. The minimum absolute atomic E-state index is 0.0270. The molecule has 0 saturated heterocycles. The second-order valence-corrected chi connectivity index (χ2v) is 5.00. The van der Waals surface area contributed by atoms with Crippen molar-refractivity contribution >= 4 is 23.1 Å². The maximum atomic E-state index is 11.3. The smallest absolute Gasteiger partial charge is 0.161 e. The Hall–Kier alpha value is -1.74. The fourth-order valence-corrected chi connectivity index (χ4v) is 2.23. The number of Topliss-reactive ketones (excluding diaryl/α,β-unsaturated/α-hetero) is 1. The summed E-state index contributed by atoms with van der Waals surface area (Å²) in [4.78, 5) is 13.3. The molecule has 100 valence electrons. The molecule has 0 saturated carbocycles. The Morgan fingerprint density at radius 3 is 2.58 bits per heavy atom. The number of carbonyl (C=O) groups is 1. The van der Waals surface area contributed by atoms with Crippen LogP contribution in [0.5, 0.6) is 0 Å². The normalized spacial score (nSPS) is 10.5. The molecule has 0 amide bonds. The zero-order valence-corrected chi connectivity index (χ0v) is 12.0. The molecule has 0 N–H and O–H groups in total.